The van der Waals surface area contributed by atoms with Crippen molar-refractivity contribution in [2.24, 2.45) is 0 Å². The zero-order chi connectivity index (χ0) is 16.8. The van der Waals surface area contributed by atoms with E-state index in [4.69, 9.17) is 14.6 Å². The first-order chi connectivity index (χ1) is 11.0. The number of rotatable bonds is 7. The molecule has 23 heavy (non-hydrogen) atoms. The number of carbonyl (C=O) groups is 1. The summed E-state index contributed by atoms with van der Waals surface area (Å²) in [5, 5.41) is 20.2. The average Bonchev–Trinajstić information content (AvgIpc) is 2.54. The summed E-state index contributed by atoms with van der Waals surface area (Å²) in [7, 11) is 1.45. The molecule has 0 bridgehead atoms. The third-order valence-corrected chi connectivity index (χ3v) is 3.14. The molecule has 0 unspecified atom stereocenters. The number of carboxylic acids is 1. The molecule has 2 rings (SSSR count). The summed E-state index contributed by atoms with van der Waals surface area (Å²) in [4.78, 5) is 21.5. The van der Waals surface area contributed by atoms with Crippen molar-refractivity contribution in [1.82, 2.24) is 0 Å². The molecule has 0 saturated heterocycles. The Morgan fingerprint density at radius 1 is 1.22 bits per heavy atom. The predicted molar refractivity (Wildman–Crippen MR) is 81.5 cm³/mol. The fraction of sp³-hybridized carbons (Fsp3) is 0.188. The minimum absolute atomic E-state index is 0.0857. The number of nitrogens with zero attached hydrogens (tertiary/aromatic N) is 1. The van der Waals surface area contributed by atoms with Crippen LogP contribution in [0.25, 0.3) is 0 Å². The highest BCUT2D eigenvalue weighted by Crippen LogP contribution is 2.30. The van der Waals surface area contributed by atoms with Crippen LogP contribution in [0.5, 0.6) is 5.75 Å². The minimum Gasteiger partial charge on any atom is -0.488 e. The molecule has 0 aliphatic heterocycles. The Balaban J connectivity index is 2.37. The lowest BCUT2D eigenvalue weighted by molar-refractivity contribution is -0.385. The molecule has 0 amide bonds. The van der Waals surface area contributed by atoms with Crippen molar-refractivity contribution in [1.29, 1.82) is 0 Å². The molecule has 2 aromatic rings. The lowest BCUT2D eigenvalue weighted by atomic mass is 10.1. The number of hydrogen-bond donors (Lipinski definition) is 1. The van der Waals surface area contributed by atoms with E-state index in [1.54, 1.807) is 0 Å². The van der Waals surface area contributed by atoms with Gasteiger partial charge in [0.15, 0.2) is 0 Å². The first-order valence-electron chi connectivity index (χ1n) is 6.73. The van der Waals surface area contributed by atoms with Crippen molar-refractivity contribution in [3.05, 3.63) is 69.3 Å². The van der Waals surface area contributed by atoms with E-state index in [0.29, 0.717) is 5.56 Å². The lowest BCUT2D eigenvalue weighted by Gasteiger charge is -2.12. The summed E-state index contributed by atoms with van der Waals surface area (Å²) in [6, 6.07) is 11.6. The molecule has 0 aromatic heterocycles. The number of aromatic carboxylic acids is 1. The molecule has 120 valence electrons. The van der Waals surface area contributed by atoms with Crippen LogP contribution in [0.15, 0.2) is 42.5 Å². The highest BCUT2D eigenvalue weighted by molar-refractivity contribution is 5.93. The van der Waals surface area contributed by atoms with Crippen LogP contribution in [0, 0.1) is 10.1 Å². The van der Waals surface area contributed by atoms with Crippen LogP contribution in [0.2, 0.25) is 0 Å². The minimum atomic E-state index is -1.37. The molecule has 0 aliphatic rings. The van der Waals surface area contributed by atoms with Gasteiger partial charge in [0.05, 0.1) is 17.6 Å². The molecule has 0 heterocycles. The smallest absolute Gasteiger partial charge is 0.342 e. The van der Waals surface area contributed by atoms with Crippen LogP contribution in [-0.2, 0) is 18.0 Å². The summed E-state index contributed by atoms with van der Waals surface area (Å²) >= 11 is 0. The Morgan fingerprint density at radius 3 is 2.48 bits per heavy atom. The van der Waals surface area contributed by atoms with Gasteiger partial charge in [-0.05, 0) is 11.6 Å². The SMILES string of the molecule is COCc1cc(C(=O)O)c([N+](=O)[O-])cc1OCc1ccccc1. The Labute approximate surface area is 132 Å². The van der Waals surface area contributed by atoms with E-state index < -0.39 is 22.1 Å². The maximum absolute atomic E-state index is 11.2. The molecule has 0 saturated carbocycles. The standard InChI is InChI=1S/C16H15NO6/c1-22-10-12-7-13(16(18)19)14(17(20)21)8-15(12)23-9-11-5-3-2-4-6-11/h2-8H,9-10H2,1H3,(H,18,19). The Kier molecular flexibility index (Phi) is 5.27. The second kappa shape index (κ2) is 7.37. The number of methoxy groups -OCH3 is 1. The van der Waals surface area contributed by atoms with Crippen LogP contribution in [-0.4, -0.2) is 23.1 Å². The largest absolute Gasteiger partial charge is 0.488 e. The molecule has 2 aromatic carbocycles. The average molecular weight is 317 g/mol. The number of hydrogen-bond acceptors (Lipinski definition) is 5. The van der Waals surface area contributed by atoms with Crippen molar-refractivity contribution in [2.75, 3.05) is 7.11 Å². The van der Waals surface area contributed by atoms with Crippen LogP contribution in [0.4, 0.5) is 5.69 Å². The maximum atomic E-state index is 11.2. The third kappa shape index (κ3) is 4.04. The molecule has 0 aliphatic carbocycles. The van der Waals surface area contributed by atoms with Crippen molar-refractivity contribution in [3.8, 4) is 5.75 Å². The van der Waals surface area contributed by atoms with Gasteiger partial charge in [-0.2, -0.15) is 0 Å². The molecular formula is C16H15NO6. The summed E-state index contributed by atoms with van der Waals surface area (Å²) < 4.78 is 10.6. The molecule has 7 nitrogen and oxygen atoms in total. The third-order valence-electron chi connectivity index (χ3n) is 3.14. The van der Waals surface area contributed by atoms with Gasteiger partial charge in [-0.1, -0.05) is 30.3 Å². The van der Waals surface area contributed by atoms with Gasteiger partial charge in [0.2, 0.25) is 0 Å². The summed E-state index contributed by atoms with van der Waals surface area (Å²) in [6.45, 7) is 0.295. The molecule has 0 spiro atoms. The zero-order valence-electron chi connectivity index (χ0n) is 12.4. The summed E-state index contributed by atoms with van der Waals surface area (Å²) in [6.07, 6.45) is 0. The normalized spacial score (nSPS) is 10.3. The van der Waals surface area contributed by atoms with Crippen LogP contribution in [0.1, 0.15) is 21.5 Å². The zero-order valence-corrected chi connectivity index (χ0v) is 12.4. The van der Waals surface area contributed by atoms with Gasteiger partial charge < -0.3 is 14.6 Å². The second-order valence-corrected chi connectivity index (χ2v) is 4.75. The van der Waals surface area contributed by atoms with E-state index >= 15 is 0 Å². The van der Waals surface area contributed by atoms with Gasteiger partial charge in [0, 0.05) is 12.7 Å². The van der Waals surface area contributed by atoms with Gasteiger partial charge in [0.25, 0.3) is 5.69 Å². The van der Waals surface area contributed by atoms with E-state index in [1.807, 2.05) is 30.3 Å². The molecular weight excluding hydrogens is 302 g/mol. The number of nitro benzene ring substituents is 1. The highest BCUT2D eigenvalue weighted by Gasteiger charge is 2.23. The van der Waals surface area contributed by atoms with Crippen molar-refractivity contribution in [3.63, 3.8) is 0 Å². The molecule has 0 atom stereocenters. The maximum Gasteiger partial charge on any atom is 0.342 e. The van der Waals surface area contributed by atoms with Gasteiger partial charge in [0.1, 0.15) is 17.9 Å². The second-order valence-electron chi connectivity index (χ2n) is 4.75. The van der Waals surface area contributed by atoms with E-state index in [-0.39, 0.29) is 19.0 Å². The fourth-order valence-corrected chi connectivity index (χ4v) is 2.07. The summed E-state index contributed by atoms with van der Waals surface area (Å²) in [5.41, 5.74) is 0.418. The van der Waals surface area contributed by atoms with E-state index in [2.05, 4.69) is 0 Å². The van der Waals surface area contributed by atoms with E-state index in [1.165, 1.54) is 13.2 Å². The van der Waals surface area contributed by atoms with E-state index in [0.717, 1.165) is 11.6 Å². The first-order valence-corrected chi connectivity index (χ1v) is 6.73. The van der Waals surface area contributed by atoms with Gasteiger partial charge >= 0.3 is 5.97 Å². The topological polar surface area (TPSA) is 98.9 Å². The van der Waals surface area contributed by atoms with E-state index in [9.17, 15) is 14.9 Å². The Hall–Kier alpha value is -2.93. The highest BCUT2D eigenvalue weighted by atomic mass is 16.6. The number of ether oxygens (including phenoxy) is 2. The Bertz CT molecular complexity index is 714. The van der Waals surface area contributed by atoms with Crippen molar-refractivity contribution < 1.29 is 24.3 Å². The van der Waals surface area contributed by atoms with Crippen molar-refractivity contribution >= 4 is 11.7 Å². The molecule has 1 N–H and O–H groups in total. The summed E-state index contributed by atoms with van der Waals surface area (Å²) in [5.74, 6) is -1.14. The fourth-order valence-electron chi connectivity index (χ4n) is 2.07. The predicted octanol–water partition coefficient (Wildman–Crippen LogP) is 3.02. The molecule has 7 heteroatoms. The number of carboxylic acid groups (broad SMARTS) is 1. The van der Waals surface area contributed by atoms with Crippen LogP contribution < -0.4 is 4.74 Å². The molecule has 0 radical (unpaired) electrons. The lowest BCUT2D eigenvalue weighted by Crippen LogP contribution is -2.07. The van der Waals surface area contributed by atoms with Gasteiger partial charge in [-0.3, -0.25) is 10.1 Å². The Morgan fingerprint density at radius 2 is 1.91 bits per heavy atom. The van der Waals surface area contributed by atoms with Crippen LogP contribution in [0.3, 0.4) is 0 Å². The number of nitro groups is 1. The quantitative estimate of drug-likeness (QED) is 0.622. The molecule has 0 fully saturated rings. The van der Waals surface area contributed by atoms with Gasteiger partial charge in [-0.25, -0.2) is 4.79 Å². The van der Waals surface area contributed by atoms with Gasteiger partial charge in [-0.15, -0.1) is 0 Å². The first kappa shape index (κ1) is 16.4. The van der Waals surface area contributed by atoms with Crippen LogP contribution >= 0.6 is 0 Å². The monoisotopic (exact) mass is 317 g/mol. The number of benzene rings is 2. The van der Waals surface area contributed by atoms with Crippen molar-refractivity contribution in [2.45, 2.75) is 13.2 Å².